The van der Waals surface area contributed by atoms with Gasteiger partial charge in [0.2, 0.25) is 5.91 Å². The van der Waals surface area contributed by atoms with E-state index in [9.17, 15) is 23.2 Å². The molecule has 0 atom stereocenters. The standard InChI is InChI=1S/C23H16ClF2N3O3/c24-18-11-16(9-10-19(18)26)27-21(30)13-28-20-4-2-1-3-17(20)22(31)29(23(28)32)12-14-5-7-15(25)8-6-14/h1-11H,12-13H2,(H,27,30). The van der Waals surface area contributed by atoms with Crippen molar-refractivity contribution in [2.75, 3.05) is 5.32 Å². The van der Waals surface area contributed by atoms with E-state index in [2.05, 4.69) is 5.32 Å². The lowest BCUT2D eigenvalue weighted by Gasteiger charge is -2.14. The third-order valence-corrected chi connectivity index (χ3v) is 5.18. The Morgan fingerprint density at radius 2 is 1.66 bits per heavy atom. The van der Waals surface area contributed by atoms with E-state index in [1.54, 1.807) is 24.3 Å². The summed E-state index contributed by atoms with van der Waals surface area (Å²) in [5.41, 5.74) is -0.0939. The summed E-state index contributed by atoms with van der Waals surface area (Å²) >= 11 is 5.74. The number of carbonyl (C=O) groups is 1. The van der Waals surface area contributed by atoms with Crippen molar-refractivity contribution in [1.82, 2.24) is 9.13 Å². The van der Waals surface area contributed by atoms with E-state index in [0.29, 0.717) is 11.1 Å². The zero-order valence-corrected chi connectivity index (χ0v) is 17.3. The van der Waals surface area contributed by atoms with Gasteiger partial charge >= 0.3 is 5.69 Å². The predicted molar refractivity (Wildman–Crippen MR) is 118 cm³/mol. The van der Waals surface area contributed by atoms with Crippen molar-refractivity contribution in [3.63, 3.8) is 0 Å². The van der Waals surface area contributed by atoms with Crippen LogP contribution in [0.3, 0.4) is 0 Å². The van der Waals surface area contributed by atoms with Crippen LogP contribution in [0.25, 0.3) is 10.9 Å². The minimum Gasteiger partial charge on any atom is -0.324 e. The Balaban J connectivity index is 1.73. The van der Waals surface area contributed by atoms with Crippen molar-refractivity contribution < 1.29 is 13.6 Å². The van der Waals surface area contributed by atoms with Crippen molar-refractivity contribution >= 4 is 34.1 Å². The fraction of sp³-hybridized carbons (Fsp3) is 0.0870. The SMILES string of the molecule is O=C(Cn1c(=O)n(Cc2ccc(F)cc2)c(=O)c2ccccc21)Nc1ccc(F)c(Cl)c1. The molecule has 4 rings (SSSR count). The molecule has 0 saturated heterocycles. The van der Waals surface area contributed by atoms with Crippen LogP contribution in [0, 0.1) is 11.6 Å². The van der Waals surface area contributed by atoms with Gasteiger partial charge in [-0.3, -0.25) is 18.7 Å². The molecule has 0 spiro atoms. The maximum atomic E-state index is 13.4. The summed E-state index contributed by atoms with van der Waals surface area (Å²) < 4.78 is 28.7. The summed E-state index contributed by atoms with van der Waals surface area (Å²) in [4.78, 5) is 38.7. The molecule has 162 valence electrons. The highest BCUT2D eigenvalue weighted by Gasteiger charge is 2.16. The first kappa shape index (κ1) is 21.5. The predicted octanol–water partition coefficient (Wildman–Crippen LogP) is 3.78. The van der Waals surface area contributed by atoms with Gasteiger partial charge in [-0.25, -0.2) is 13.6 Å². The molecule has 0 unspecified atom stereocenters. The van der Waals surface area contributed by atoms with E-state index >= 15 is 0 Å². The Kier molecular flexibility index (Phi) is 5.87. The quantitative estimate of drug-likeness (QED) is 0.497. The minimum atomic E-state index is -0.690. The lowest BCUT2D eigenvalue weighted by molar-refractivity contribution is -0.116. The van der Waals surface area contributed by atoms with Gasteiger partial charge in [-0.1, -0.05) is 35.9 Å². The number of amides is 1. The van der Waals surface area contributed by atoms with Crippen LogP contribution in [-0.4, -0.2) is 15.0 Å². The highest BCUT2D eigenvalue weighted by atomic mass is 35.5. The molecular formula is C23H16ClF2N3O3. The molecule has 6 nitrogen and oxygen atoms in total. The monoisotopic (exact) mass is 455 g/mol. The second-order valence-corrected chi connectivity index (χ2v) is 7.49. The molecule has 0 bridgehead atoms. The van der Waals surface area contributed by atoms with E-state index in [0.717, 1.165) is 10.6 Å². The number of nitrogens with zero attached hydrogens (tertiary/aromatic N) is 2. The molecule has 1 N–H and O–H groups in total. The Morgan fingerprint density at radius 3 is 2.38 bits per heavy atom. The highest BCUT2D eigenvalue weighted by molar-refractivity contribution is 6.31. The summed E-state index contributed by atoms with van der Waals surface area (Å²) in [7, 11) is 0. The molecule has 0 aliphatic carbocycles. The number of halogens is 3. The molecule has 0 aliphatic rings. The number of hydrogen-bond acceptors (Lipinski definition) is 3. The summed E-state index contributed by atoms with van der Waals surface area (Å²) in [6.07, 6.45) is 0. The van der Waals surface area contributed by atoms with Crippen molar-refractivity contribution in [2.24, 2.45) is 0 Å². The second-order valence-electron chi connectivity index (χ2n) is 7.08. The molecule has 1 aromatic heterocycles. The summed E-state index contributed by atoms with van der Waals surface area (Å²) in [5, 5.41) is 2.66. The number of benzene rings is 3. The third kappa shape index (κ3) is 4.31. The van der Waals surface area contributed by atoms with Crippen LogP contribution in [0.4, 0.5) is 14.5 Å². The number of fused-ring (bicyclic) bond motifs is 1. The fourth-order valence-electron chi connectivity index (χ4n) is 3.35. The molecule has 1 amide bonds. The Labute approximate surface area is 185 Å². The molecule has 0 aliphatic heterocycles. The van der Waals surface area contributed by atoms with Gasteiger partial charge in [0.15, 0.2) is 0 Å². The van der Waals surface area contributed by atoms with Gasteiger partial charge in [0.25, 0.3) is 5.56 Å². The zero-order valence-electron chi connectivity index (χ0n) is 16.5. The molecular weight excluding hydrogens is 440 g/mol. The largest absolute Gasteiger partial charge is 0.332 e. The van der Waals surface area contributed by atoms with Crippen molar-refractivity contribution in [2.45, 2.75) is 13.1 Å². The number of anilines is 1. The molecule has 0 radical (unpaired) electrons. The smallest absolute Gasteiger partial charge is 0.324 e. The van der Waals surface area contributed by atoms with Crippen LogP contribution in [0.15, 0.2) is 76.3 Å². The number of carbonyl (C=O) groups excluding carboxylic acids is 1. The van der Waals surface area contributed by atoms with Crippen LogP contribution in [-0.2, 0) is 17.9 Å². The fourth-order valence-corrected chi connectivity index (χ4v) is 3.53. The maximum absolute atomic E-state index is 13.4. The second kappa shape index (κ2) is 8.76. The van der Waals surface area contributed by atoms with E-state index < -0.39 is 35.3 Å². The van der Waals surface area contributed by atoms with E-state index in [4.69, 9.17) is 11.6 Å². The molecule has 4 aromatic rings. The molecule has 9 heteroatoms. The molecule has 3 aromatic carbocycles. The molecule has 0 fully saturated rings. The topological polar surface area (TPSA) is 73.1 Å². The highest BCUT2D eigenvalue weighted by Crippen LogP contribution is 2.19. The summed E-state index contributed by atoms with van der Waals surface area (Å²) in [6, 6.07) is 15.6. The Morgan fingerprint density at radius 1 is 0.938 bits per heavy atom. The van der Waals surface area contributed by atoms with Crippen LogP contribution in [0.1, 0.15) is 5.56 Å². The number of nitrogens with one attached hydrogen (secondary N) is 1. The Bertz CT molecular complexity index is 1450. The van der Waals surface area contributed by atoms with Gasteiger partial charge in [-0.05, 0) is 48.0 Å². The number of rotatable bonds is 5. The van der Waals surface area contributed by atoms with Gasteiger partial charge in [-0.2, -0.15) is 0 Å². The van der Waals surface area contributed by atoms with Gasteiger partial charge in [0, 0.05) is 5.69 Å². The van der Waals surface area contributed by atoms with E-state index in [1.807, 2.05) is 0 Å². The summed E-state index contributed by atoms with van der Waals surface area (Å²) in [5.74, 6) is -1.62. The molecule has 0 saturated carbocycles. The van der Waals surface area contributed by atoms with Crippen LogP contribution >= 0.6 is 11.6 Å². The van der Waals surface area contributed by atoms with Gasteiger partial charge in [0.05, 0.1) is 22.5 Å². The van der Waals surface area contributed by atoms with Crippen LogP contribution < -0.4 is 16.6 Å². The van der Waals surface area contributed by atoms with Gasteiger partial charge < -0.3 is 5.32 Å². The average Bonchev–Trinajstić information content (AvgIpc) is 2.78. The first-order chi connectivity index (χ1) is 15.3. The lowest BCUT2D eigenvalue weighted by Crippen LogP contribution is -2.42. The van der Waals surface area contributed by atoms with Crippen LogP contribution in [0.5, 0.6) is 0 Å². The Hall–Kier alpha value is -3.78. The molecule has 32 heavy (non-hydrogen) atoms. The molecule has 1 heterocycles. The van der Waals surface area contributed by atoms with Crippen molar-refractivity contribution in [3.05, 3.63) is 110 Å². The van der Waals surface area contributed by atoms with E-state index in [1.165, 1.54) is 41.0 Å². The first-order valence-corrected chi connectivity index (χ1v) is 9.93. The van der Waals surface area contributed by atoms with Crippen molar-refractivity contribution in [1.29, 1.82) is 0 Å². The van der Waals surface area contributed by atoms with E-state index in [-0.39, 0.29) is 22.6 Å². The minimum absolute atomic E-state index is 0.0853. The number of hydrogen-bond donors (Lipinski definition) is 1. The average molecular weight is 456 g/mol. The summed E-state index contributed by atoms with van der Waals surface area (Å²) in [6.45, 7) is -0.476. The first-order valence-electron chi connectivity index (χ1n) is 9.55. The lowest BCUT2D eigenvalue weighted by atomic mass is 10.2. The normalized spacial score (nSPS) is 11.0. The van der Waals surface area contributed by atoms with Gasteiger partial charge in [-0.15, -0.1) is 0 Å². The number of aromatic nitrogens is 2. The van der Waals surface area contributed by atoms with Crippen molar-refractivity contribution in [3.8, 4) is 0 Å². The maximum Gasteiger partial charge on any atom is 0.332 e. The third-order valence-electron chi connectivity index (χ3n) is 4.89. The zero-order chi connectivity index (χ0) is 22.8. The number of para-hydroxylation sites is 1. The van der Waals surface area contributed by atoms with Crippen LogP contribution in [0.2, 0.25) is 5.02 Å². The van der Waals surface area contributed by atoms with Gasteiger partial charge in [0.1, 0.15) is 18.2 Å².